The molecule has 0 saturated carbocycles. The van der Waals surface area contributed by atoms with Gasteiger partial charge in [-0.15, -0.1) is 0 Å². The first-order valence-corrected chi connectivity index (χ1v) is 2.12. The van der Waals surface area contributed by atoms with Gasteiger partial charge in [-0.1, -0.05) is 6.08 Å². The maximum atomic E-state index is 8.00. The largest absolute Gasteiger partial charge is 0.361 e. The van der Waals surface area contributed by atoms with E-state index in [4.69, 9.17) is 5.53 Å². The molecule has 0 unspecified atom stereocenters. The van der Waals surface area contributed by atoms with E-state index in [1.807, 2.05) is 13.0 Å². The van der Waals surface area contributed by atoms with Crippen molar-refractivity contribution in [2.45, 2.75) is 13.8 Å². The minimum Gasteiger partial charge on any atom is -0.361 e. The Morgan fingerprint density at radius 3 is 2.43 bits per heavy atom. The van der Waals surface area contributed by atoms with Crippen molar-refractivity contribution < 1.29 is 4.79 Å². The molecule has 0 spiro atoms. The second-order valence-electron chi connectivity index (χ2n) is 1.24. The molecule has 0 radical (unpaired) electrons. The Labute approximate surface area is 43.1 Å². The van der Waals surface area contributed by atoms with Crippen LogP contribution in [0.2, 0.25) is 0 Å². The van der Waals surface area contributed by atoms with E-state index < -0.39 is 0 Å². The average Bonchev–Trinajstić information content (AvgIpc) is 1.68. The zero-order valence-electron chi connectivity index (χ0n) is 4.55. The molecule has 0 N–H and O–H groups in total. The molecule has 2 nitrogen and oxygen atoms in total. The molecule has 0 aliphatic carbocycles. The maximum Gasteiger partial charge on any atom is 0.288 e. The zero-order valence-corrected chi connectivity index (χ0v) is 4.55. The van der Waals surface area contributed by atoms with Gasteiger partial charge in [-0.25, -0.2) is 0 Å². The van der Waals surface area contributed by atoms with E-state index in [0.29, 0.717) is 5.71 Å². The smallest absolute Gasteiger partial charge is 0.288 e. The van der Waals surface area contributed by atoms with E-state index in [9.17, 15) is 0 Å². The van der Waals surface area contributed by atoms with Crippen molar-refractivity contribution in [3.05, 3.63) is 17.7 Å². The summed E-state index contributed by atoms with van der Waals surface area (Å²) in [4.78, 5) is 2.91. The van der Waals surface area contributed by atoms with Crippen LogP contribution in [0.1, 0.15) is 13.8 Å². The molecule has 0 fully saturated rings. The lowest BCUT2D eigenvalue weighted by atomic mass is 10.4. The minimum atomic E-state index is 0.627. The first-order valence-electron chi connectivity index (χ1n) is 2.12. The standard InChI is InChI=1S/C5H8N2/c1-3-4-5(2)7-6/h3-4H,1-2H3/b4-3+. The van der Waals surface area contributed by atoms with Gasteiger partial charge >= 0.3 is 0 Å². The molecule has 0 aliphatic heterocycles. The third kappa shape index (κ3) is 2.94. The minimum absolute atomic E-state index is 0.627. The molecule has 0 amide bonds. The van der Waals surface area contributed by atoms with Crippen LogP contribution in [0.25, 0.3) is 5.53 Å². The van der Waals surface area contributed by atoms with Crippen LogP contribution in [0.15, 0.2) is 12.2 Å². The molecular weight excluding hydrogens is 88.1 g/mol. The van der Waals surface area contributed by atoms with Crippen molar-refractivity contribution in [1.29, 1.82) is 0 Å². The lowest BCUT2D eigenvalue weighted by molar-refractivity contribution is -0.00393. The molecule has 0 aromatic carbocycles. The van der Waals surface area contributed by atoms with Crippen molar-refractivity contribution in [3.8, 4) is 0 Å². The van der Waals surface area contributed by atoms with E-state index in [2.05, 4.69) is 4.79 Å². The van der Waals surface area contributed by atoms with Crippen LogP contribution in [-0.2, 0) is 0 Å². The highest BCUT2D eigenvalue weighted by Crippen LogP contribution is 1.69. The summed E-state index contributed by atoms with van der Waals surface area (Å²) in [6.45, 7) is 3.59. The second kappa shape index (κ2) is 3.32. The Morgan fingerprint density at radius 1 is 1.71 bits per heavy atom. The van der Waals surface area contributed by atoms with Crippen molar-refractivity contribution >= 4 is 5.71 Å². The van der Waals surface area contributed by atoms with Crippen molar-refractivity contribution in [2.75, 3.05) is 0 Å². The lowest BCUT2D eigenvalue weighted by Gasteiger charge is -1.65. The SMILES string of the molecule is C/C=C/C(C)=[N+]=[N-]. The number of rotatable bonds is 1. The fourth-order valence-electron chi connectivity index (χ4n) is 0.275. The number of nitrogens with zero attached hydrogens (tertiary/aromatic N) is 2. The average molecular weight is 96.1 g/mol. The highest BCUT2D eigenvalue weighted by atomic mass is 14.8. The third-order valence-electron chi connectivity index (χ3n) is 0.566. The van der Waals surface area contributed by atoms with Crippen LogP contribution in [-0.4, -0.2) is 10.5 Å². The summed E-state index contributed by atoms with van der Waals surface area (Å²) in [5, 5.41) is 0. The summed E-state index contributed by atoms with van der Waals surface area (Å²) in [5.41, 5.74) is 8.63. The molecule has 38 valence electrons. The van der Waals surface area contributed by atoms with Crippen molar-refractivity contribution in [3.63, 3.8) is 0 Å². The molecule has 2 heteroatoms. The van der Waals surface area contributed by atoms with Gasteiger partial charge < -0.3 is 5.53 Å². The van der Waals surface area contributed by atoms with E-state index in [1.54, 1.807) is 13.0 Å². The maximum absolute atomic E-state index is 8.00. The fraction of sp³-hybridized carbons (Fsp3) is 0.400. The Morgan fingerprint density at radius 2 is 2.29 bits per heavy atom. The van der Waals surface area contributed by atoms with Gasteiger partial charge in [-0.05, 0) is 6.92 Å². The summed E-state index contributed by atoms with van der Waals surface area (Å²) >= 11 is 0. The predicted molar refractivity (Wildman–Crippen MR) is 29.1 cm³/mol. The quantitative estimate of drug-likeness (QED) is 0.267. The van der Waals surface area contributed by atoms with Gasteiger partial charge in [0.25, 0.3) is 5.71 Å². The zero-order chi connectivity index (χ0) is 5.70. The van der Waals surface area contributed by atoms with E-state index in [0.717, 1.165) is 0 Å². The molecular formula is C5H8N2. The summed E-state index contributed by atoms with van der Waals surface area (Å²) in [7, 11) is 0. The fourth-order valence-corrected chi connectivity index (χ4v) is 0.275. The Balaban J connectivity index is 3.83. The topological polar surface area (TPSA) is 36.4 Å². The molecule has 0 atom stereocenters. The van der Waals surface area contributed by atoms with E-state index in [-0.39, 0.29) is 0 Å². The first-order chi connectivity index (χ1) is 3.31. The normalized spacial score (nSPS) is 8.86. The summed E-state index contributed by atoms with van der Waals surface area (Å²) < 4.78 is 0. The van der Waals surface area contributed by atoms with Crippen LogP contribution in [0.3, 0.4) is 0 Å². The number of hydrogen-bond donors (Lipinski definition) is 0. The number of allylic oxidation sites excluding steroid dienone is 2. The van der Waals surface area contributed by atoms with Gasteiger partial charge in [0.2, 0.25) is 0 Å². The Bertz CT molecular complexity index is 118. The van der Waals surface area contributed by atoms with Gasteiger partial charge in [0.1, 0.15) is 0 Å². The monoisotopic (exact) mass is 96.1 g/mol. The van der Waals surface area contributed by atoms with Crippen molar-refractivity contribution in [2.24, 2.45) is 0 Å². The summed E-state index contributed by atoms with van der Waals surface area (Å²) in [6, 6.07) is 0. The molecule has 0 aliphatic rings. The molecule has 7 heavy (non-hydrogen) atoms. The van der Waals surface area contributed by atoms with Crippen molar-refractivity contribution in [1.82, 2.24) is 0 Å². The summed E-state index contributed by atoms with van der Waals surface area (Å²) in [5.74, 6) is 0. The van der Waals surface area contributed by atoms with E-state index in [1.165, 1.54) is 0 Å². The van der Waals surface area contributed by atoms with Gasteiger partial charge in [-0.3, -0.25) is 0 Å². The van der Waals surface area contributed by atoms with Crippen LogP contribution >= 0.6 is 0 Å². The van der Waals surface area contributed by atoms with E-state index >= 15 is 0 Å². The first kappa shape index (κ1) is 6.12. The van der Waals surface area contributed by atoms with Gasteiger partial charge in [0.15, 0.2) is 0 Å². The molecule has 0 saturated heterocycles. The predicted octanol–water partition coefficient (Wildman–Crippen LogP) is 1.25. The Hall–Kier alpha value is -0.880. The molecule has 0 aromatic rings. The number of hydrogen-bond acceptors (Lipinski definition) is 0. The molecule has 0 heterocycles. The van der Waals surface area contributed by atoms with Gasteiger partial charge in [0, 0.05) is 13.0 Å². The van der Waals surface area contributed by atoms with Crippen LogP contribution in [0.4, 0.5) is 0 Å². The molecule has 0 bridgehead atoms. The van der Waals surface area contributed by atoms with Gasteiger partial charge in [-0.2, -0.15) is 4.79 Å². The Kier molecular flexibility index (Phi) is 2.90. The summed E-state index contributed by atoms with van der Waals surface area (Å²) in [6.07, 6.45) is 3.54. The molecule has 0 aromatic heterocycles. The van der Waals surface area contributed by atoms with Crippen LogP contribution < -0.4 is 0 Å². The second-order valence-corrected chi connectivity index (χ2v) is 1.24. The van der Waals surface area contributed by atoms with Crippen LogP contribution in [0.5, 0.6) is 0 Å². The lowest BCUT2D eigenvalue weighted by Crippen LogP contribution is -1.81. The van der Waals surface area contributed by atoms with Crippen LogP contribution in [0, 0.1) is 0 Å². The third-order valence-corrected chi connectivity index (χ3v) is 0.566. The highest BCUT2D eigenvalue weighted by Gasteiger charge is 1.83. The van der Waals surface area contributed by atoms with Gasteiger partial charge in [0.05, 0.1) is 0 Å². The molecule has 0 rings (SSSR count). The highest BCUT2D eigenvalue weighted by molar-refractivity contribution is 5.87.